The topological polar surface area (TPSA) is 118 Å². The molecule has 0 aromatic heterocycles. The molecule has 2 amide bonds. The number of nitrogens with two attached hydrogens (primary N) is 1. The normalized spacial score (nSPS) is 25.2. The van der Waals surface area contributed by atoms with Crippen LogP contribution in [0.2, 0.25) is 5.02 Å². The summed E-state index contributed by atoms with van der Waals surface area (Å²) < 4.78 is 22.9. The second-order valence-electron chi connectivity index (χ2n) is 10.1. The molecular formula is C27H30ClN3O4S. The Morgan fingerprint density at radius 1 is 0.833 bits per heavy atom. The number of halogens is 1. The lowest BCUT2D eigenvalue weighted by molar-refractivity contribution is -0.135. The van der Waals surface area contributed by atoms with Gasteiger partial charge in [-0.25, -0.2) is 13.6 Å². The van der Waals surface area contributed by atoms with Gasteiger partial charge in [-0.05, 0) is 78.3 Å². The fraction of sp³-hybridized carbons (Fsp3) is 0.407. The van der Waals surface area contributed by atoms with E-state index in [0.29, 0.717) is 31.0 Å². The number of allylic oxidation sites excluding steroid dienone is 2. The van der Waals surface area contributed by atoms with Gasteiger partial charge >= 0.3 is 0 Å². The molecule has 7 nitrogen and oxygen atoms in total. The molecule has 2 bridgehead atoms. The molecular weight excluding hydrogens is 498 g/mol. The average Bonchev–Trinajstić information content (AvgIpc) is 3.51. The summed E-state index contributed by atoms with van der Waals surface area (Å²) in [6.45, 7) is 0.914. The minimum atomic E-state index is -3.73. The molecule has 2 aromatic carbocycles. The highest BCUT2D eigenvalue weighted by Gasteiger charge is 2.69. The molecule has 2 fully saturated rings. The van der Waals surface area contributed by atoms with Gasteiger partial charge in [0.2, 0.25) is 21.8 Å². The van der Waals surface area contributed by atoms with Gasteiger partial charge in [-0.1, -0.05) is 48.0 Å². The molecule has 36 heavy (non-hydrogen) atoms. The molecule has 0 heterocycles. The van der Waals surface area contributed by atoms with E-state index in [2.05, 4.69) is 22.8 Å². The highest BCUT2D eigenvalue weighted by Crippen LogP contribution is 2.72. The first-order valence-electron chi connectivity index (χ1n) is 12.3. The molecule has 3 aliphatic carbocycles. The van der Waals surface area contributed by atoms with Crippen molar-refractivity contribution in [2.75, 3.05) is 13.1 Å². The lowest BCUT2D eigenvalue weighted by Gasteiger charge is -2.26. The van der Waals surface area contributed by atoms with Crippen molar-refractivity contribution < 1.29 is 18.0 Å². The second kappa shape index (κ2) is 9.65. The Morgan fingerprint density at radius 3 is 1.69 bits per heavy atom. The molecule has 1 spiro atoms. The van der Waals surface area contributed by atoms with Gasteiger partial charge < -0.3 is 10.6 Å². The monoisotopic (exact) mass is 527 g/mol. The Kier molecular flexibility index (Phi) is 6.70. The second-order valence-corrected chi connectivity index (χ2v) is 12.1. The molecule has 0 radical (unpaired) electrons. The first-order valence-corrected chi connectivity index (χ1v) is 14.2. The summed E-state index contributed by atoms with van der Waals surface area (Å²) in [6.07, 6.45) is 7.67. The van der Waals surface area contributed by atoms with Crippen molar-refractivity contribution in [1.82, 2.24) is 10.6 Å². The number of nitrogens with one attached hydrogen (secondary N) is 2. The number of primary sulfonamides is 1. The van der Waals surface area contributed by atoms with Crippen molar-refractivity contribution in [2.45, 2.75) is 30.6 Å². The van der Waals surface area contributed by atoms with E-state index in [1.165, 1.54) is 12.1 Å². The van der Waals surface area contributed by atoms with Crippen molar-refractivity contribution in [1.29, 1.82) is 0 Å². The van der Waals surface area contributed by atoms with E-state index in [4.69, 9.17) is 16.7 Å². The fourth-order valence-electron chi connectivity index (χ4n) is 6.10. The van der Waals surface area contributed by atoms with Gasteiger partial charge in [-0.3, -0.25) is 9.59 Å². The van der Waals surface area contributed by atoms with Crippen molar-refractivity contribution in [3.8, 4) is 0 Å². The van der Waals surface area contributed by atoms with Crippen LogP contribution in [0.4, 0.5) is 0 Å². The maximum absolute atomic E-state index is 13.3. The van der Waals surface area contributed by atoms with Crippen molar-refractivity contribution in [3.05, 3.63) is 76.8 Å². The van der Waals surface area contributed by atoms with Gasteiger partial charge in [0.25, 0.3) is 0 Å². The van der Waals surface area contributed by atoms with Crippen LogP contribution in [0.15, 0.2) is 65.6 Å². The van der Waals surface area contributed by atoms with Gasteiger partial charge in [0.1, 0.15) is 0 Å². The molecule has 190 valence electrons. The number of benzene rings is 2. The lowest BCUT2D eigenvalue weighted by atomic mass is 9.81. The number of carbonyl (C=O) groups is 2. The smallest absolute Gasteiger partial charge is 0.238 e. The molecule has 9 heteroatoms. The zero-order chi connectivity index (χ0) is 25.5. The number of amides is 2. The summed E-state index contributed by atoms with van der Waals surface area (Å²) in [5.41, 5.74) is 2.06. The van der Waals surface area contributed by atoms with Gasteiger partial charge in [-0.2, -0.15) is 0 Å². The molecule has 4 N–H and O–H groups in total. The van der Waals surface area contributed by atoms with E-state index < -0.39 is 10.0 Å². The number of hydrogen-bond donors (Lipinski definition) is 3. The number of carbonyl (C=O) groups excluding carboxylic acids is 2. The minimum Gasteiger partial charge on any atom is -0.355 e. The van der Waals surface area contributed by atoms with Crippen LogP contribution in [-0.4, -0.2) is 33.3 Å². The summed E-state index contributed by atoms with van der Waals surface area (Å²) in [5.74, 6) is -0.657. The van der Waals surface area contributed by atoms with Crippen LogP contribution in [0.25, 0.3) is 0 Å². The molecule has 3 aliphatic rings. The Balaban J connectivity index is 1.20. The Hall–Kier alpha value is -2.68. The van der Waals surface area contributed by atoms with E-state index >= 15 is 0 Å². The highest BCUT2D eigenvalue weighted by molar-refractivity contribution is 7.89. The van der Waals surface area contributed by atoms with Gasteiger partial charge in [0.15, 0.2) is 0 Å². The van der Waals surface area contributed by atoms with E-state index in [0.717, 1.165) is 24.0 Å². The molecule has 0 unspecified atom stereocenters. The standard InChI is InChI=1S/C27H30ClN3O4S/c28-19-5-1-17(2-6-19)11-15-30-25(32)23-21-9-10-22(27(21)13-14-27)24(23)26(33)31-16-12-18-3-7-20(8-4-18)36(29,34)35/h1-10,21-24H,11-16H2,(H,30,32)(H,31,33)(H2,29,34,35)/t21-,22+,23+,24+/m0/s1. The van der Waals surface area contributed by atoms with Gasteiger partial charge in [0.05, 0.1) is 16.7 Å². The van der Waals surface area contributed by atoms with Gasteiger partial charge in [-0.15, -0.1) is 0 Å². The van der Waals surface area contributed by atoms with Crippen molar-refractivity contribution in [3.63, 3.8) is 0 Å². The van der Waals surface area contributed by atoms with Crippen LogP contribution in [-0.2, 0) is 32.5 Å². The van der Waals surface area contributed by atoms with Crippen LogP contribution >= 0.6 is 11.6 Å². The maximum Gasteiger partial charge on any atom is 0.238 e. The summed E-state index contributed by atoms with van der Waals surface area (Å²) in [7, 11) is -3.73. The summed E-state index contributed by atoms with van der Waals surface area (Å²) >= 11 is 5.95. The molecule has 2 aromatic rings. The fourth-order valence-corrected chi connectivity index (χ4v) is 6.74. The maximum atomic E-state index is 13.3. The van der Waals surface area contributed by atoms with Crippen molar-refractivity contribution in [2.24, 2.45) is 34.2 Å². The van der Waals surface area contributed by atoms with Crippen molar-refractivity contribution >= 4 is 33.4 Å². The Bertz CT molecular complexity index is 1290. The first-order chi connectivity index (χ1) is 17.2. The third-order valence-corrected chi connectivity index (χ3v) is 9.22. The van der Waals surface area contributed by atoms with Crippen LogP contribution in [0, 0.1) is 29.1 Å². The van der Waals surface area contributed by atoms with Crippen LogP contribution < -0.4 is 15.8 Å². The zero-order valence-electron chi connectivity index (χ0n) is 19.8. The lowest BCUT2D eigenvalue weighted by Crippen LogP contribution is -2.44. The molecule has 4 atom stereocenters. The predicted molar refractivity (Wildman–Crippen MR) is 137 cm³/mol. The summed E-state index contributed by atoms with van der Waals surface area (Å²) in [4.78, 5) is 26.7. The Morgan fingerprint density at radius 2 is 1.28 bits per heavy atom. The first kappa shape index (κ1) is 25.0. The zero-order valence-corrected chi connectivity index (χ0v) is 21.4. The molecule has 2 saturated carbocycles. The van der Waals surface area contributed by atoms with E-state index in [-0.39, 0.29) is 45.8 Å². The van der Waals surface area contributed by atoms with E-state index in [1.54, 1.807) is 12.1 Å². The predicted octanol–water partition coefficient (Wildman–Crippen LogP) is 2.83. The SMILES string of the molecule is NS(=O)(=O)c1ccc(CCNC(=O)[C@H]2[C@H](C(=O)NCCc3ccc(Cl)cc3)[C@@H]3C=C[C@H]2C32CC2)cc1. The summed E-state index contributed by atoms with van der Waals surface area (Å²) in [6, 6.07) is 13.9. The largest absolute Gasteiger partial charge is 0.355 e. The third-order valence-electron chi connectivity index (χ3n) is 8.04. The number of sulfonamides is 1. The quantitative estimate of drug-likeness (QED) is 0.434. The van der Waals surface area contributed by atoms with Crippen LogP contribution in [0.1, 0.15) is 24.0 Å². The van der Waals surface area contributed by atoms with E-state index in [9.17, 15) is 18.0 Å². The third kappa shape index (κ3) is 4.82. The molecule has 0 aliphatic heterocycles. The highest BCUT2D eigenvalue weighted by atomic mass is 35.5. The van der Waals surface area contributed by atoms with Crippen LogP contribution in [0.5, 0.6) is 0 Å². The Labute approximate surface area is 216 Å². The van der Waals surface area contributed by atoms with E-state index in [1.807, 2.05) is 24.3 Å². The van der Waals surface area contributed by atoms with Crippen LogP contribution in [0.3, 0.4) is 0 Å². The average molecular weight is 528 g/mol. The number of rotatable bonds is 9. The van der Waals surface area contributed by atoms with Gasteiger partial charge in [0, 0.05) is 18.1 Å². The summed E-state index contributed by atoms with van der Waals surface area (Å²) in [5, 5.41) is 11.9. The number of hydrogen-bond acceptors (Lipinski definition) is 4. The molecule has 5 rings (SSSR count). The molecule has 0 saturated heterocycles. The minimum absolute atomic E-state index is 0.0502.